The number of nitrogens with zero attached hydrogens (tertiary/aromatic N) is 2. The molecule has 3 rings (SSSR count). The number of hydrogen-bond donors (Lipinski definition) is 1. The molecule has 0 spiro atoms. The number of hydrogen-bond acceptors (Lipinski definition) is 4. The van der Waals surface area contributed by atoms with E-state index >= 15 is 0 Å². The van der Waals surface area contributed by atoms with Crippen molar-refractivity contribution in [3.63, 3.8) is 0 Å². The lowest BCUT2D eigenvalue weighted by atomic mass is 10.0. The van der Waals surface area contributed by atoms with Crippen molar-refractivity contribution in [3.8, 4) is 5.69 Å². The quantitative estimate of drug-likeness (QED) is 0.352. The summed E-state index contributed by atoms with van der Waals surface area (Å²) in [6, 6.07) is 12.5. The molecule has 0 aliphatic rings. The summed E-state index contributed by atoms with van der Waals surface area (Å²) in [5.41, 5.74) is 3.90. The molecular formula is C26H28FN3O3S. The van der Waals surface area contributed by atoms with Crippen LogP contribution in [0.4, 0.5) is 4.39 Å². The highest BCUT2D eigenvalue weighted by Gasteiger charge is 2.20. The molecule has 3 aromatic rings. The minimum Gasteiger partial charge on any atom is -0.348 e. The molecule has 34 heavy (non-hydrogen) atoms. The number of benzene rings is 2. The van der Waals surface area contributed by atoms with Crippen LogP contribution in [0, 0.1) is 12.7 Å². The van der Waals surface area contributed by atoms with Crippen LogP contribution in [0.2, 0.25) is 0 Å². The van der Waals surface area contributed by atoms with E-state index in [1.807, 2.05) is 19.9 Å². The molecule has 0 aliphatic carbocycles. The van der Waals surface area contributed by atoms with Crippen LogP contribution in [0.15, 0.2) is 77.9 Å². The Morgan fingerprint density at radius 1 is 1.18 bits per heavy atom. The third kappa shape index (κ3) is 5.88. The average Bonchev–Trinajstić information content (AvgIpc) is 3.18. The fourth-order valence-electron chi connectivity index (χ4n) is 3.51. The summed E-state index contributed by atoms with van der Waals surface area (Å²) in [5, 5.41) is 7.25. The number of carbonyl (C=O) groups is 1. The molecule has 0 atom stereocenters. The Morgan fingerprint density at radius 3 is 2.50 bits per heavy atom. The maximum atomic E-state index is 13.3. The Kier molecular flexibility index (Phi) is 7.83. The van der Waals surface area contributed by atoms with Gasteiger partial charge >= 0.3 is 0 Å². The minimum atomic E-state index is -3.43. The summed E-state index contributed by atoms with van der Waals surface area (Å²) >= 11 is 0. The number of carbonyl (C=O) groups excluding carboxylic acids is 1. The van der Waals surface area contributed by atoms with E-state index in [4.69, 9.17) is 0 Å². The van der Waals surface area contributed by atoms with Gasteiger partial charge < -0.3 is 5.32 Å². The van der Waals surface area contributed by atoms with E-state index in [-0.39, 0.29) is 23.2 Å². The molecule has 1 amide bonds. The maximum Gasteiger partial charge on any atom is 0.251 e. The minimum absolute atomic E-state index is 0.0548. The van der Waals surface area contributed by atoms with Gasteiger partial charge in [-0.05, 0) is 55.7 Å². The lowest BCUT2D eigenvalue weighted by Crippen LogP contribution is -2.25. The summed E-state index contributed by atoms with van der Waals surface area (Å²) in [6.07, 6.45) is 5.84. The van der Waals surface area contributed by atoms with Crippen LogP contribution in [0.5, 0.6) is 0 Å². The van der Waals surface area contributed by atoms with Gasteiger partial charge in [0.2, 0.25) is 0 Å². The van der Waals surface area contributed by atoms with Crippen LogP contribution in [0.25, 0.3) is 11.3 Å². The zero-order chi connectivity index (χ0) is 24.9. The summed E-state index contributed by atoms with van der Waals surface area (Å²) in [7, 11) is -3.43. The monoisotopic (exact) mass is 481 g/mol. The fourth-order valence-corrected chi connectivity index (χ4v) is 4.46. The van der Waals surface area contributed by atoms with Gasteiger partial charge in [0.15, 0.2) is 9.84 Å². The van der Waals surface area contributed by atoms with Gasteiger partial charge in [0.1, 0.15) is 5.82 Å². The SMILES string of the molecule is C=C(CC)CC=C(C(=O)NCc1ccccc1S(C)(=O)=O)c1cnn(-c2ccc(F)cc2)c1C. The molecule has 2 aromatic carbocycles. The normalized spacial score (nSPS) is 11.9. The highest BCUT2D eigenvalue weighted by Crippen LogP contribution is 2.24. The van der Waals surface area contributed by atoms with Crippen LogP contribution >= 0.6 is 0 Å². The van der Waals surface area contributed by atoms with Crippen molar-refractivity contribution in [2.24, 2.45) is 0 Å². The second kappa shape index (κ2) is 10.6. The molecule has 0 saturated carbocycles. The summed E-state index contributed by atoms with van der Waals surface area (Å²) in [5.74, 6) is -0.699. The van der Waals surface area contributed by atoms with Gasteiger partial charge in [-0.25, -0.2) is 17.5 Å². The molecule has 178 valence electrons. The van der Waals surface area contributed by atoms with Crippen LogP contribution in [-0.4, -0.2) is 30.4 Å². The molecule has 0 saturated heterocycles. The molecule has 0 aliphatic heterocycles. The molecule has 0 unspecified atom stereocenters. The van der Waals surface area contributed by atoms with E-state index < -0.39 is 9.84 Å². The van der Waals surface area contributed by atoms with Gasteiger partial charge in [0.25, 0.3) is 5.91 Å². The number of amides is 1. The first-order chi connectivity index (χ1) is 16.1. The Hall–Kier alpha value is -3.52. The second-order valence-electron chi connectivity index (χ2n) is 8.02. The first-order valence-electron chi connectivity index (χ1n) is 10.9. The maximum absolute atomic E-state index is 13.3. The molecule has 0 bridgehead atoms. The van der Waals surface area contributed by atoms with Crippen molar-refractivity contribution in [2.75, 3.05) is 6.26 Å². The standard InChI is InChI=1S/C26H28FN3O3S/c1-5-18(2)10-15-23(24-17-29-30(19(24)3)22-13-11-21(27)12-14-22)26(31)28-16-20-8-6-7-9-25(20)34(4,32)33/h6-9,11-15,17H,2,5,10,16H2,1,3-4H3,(H,28,31). The van der Waals surface area contributed by atoms with Gasteiger partial charge in [0, 0.05) is 29.6 Å². The van der Waals surface area contributed by atoms with Crippen LogP contribution < -0.4 is 5.32 Å². The van der Waals surface area contributed by atoms with E-state index in [2.05, 4.69) is 17.0 Å². The number of allylic oxidation sites excluding steroid dienone is 2. The topological polar surface area (TPSA) is 81.1 Å². The summed E-state index contributed by atoms with van der Waals surface area (Å²) in [6.45, 7) is 7.90. The average molecular weight is 482 g/mol. The predicted octanol–water partition coefficient (Wildman–Crippen LogP) is 4.78. The number of halogens is 1. The van der Waals surface area contributed by atoms with Crippen molar-refractivity contribution in [2.45, 2.75) is 38.1 Å². The molecule has 8 heteroatoms. The Balaban J connectivity index is 1.93. The third-order valence-electron chi connectivity index (χ3n) is 5.52. The van der Waals surface area contributed by atoms with E-state index in [0.29, 0.717) is 34.5 Å². The van der Waals surface area contributed by atoms with Crippen LogP contribution in [0.1, 0.15) is 36.6 Å². The van der Waals surface area contributed by atoms with Gasteiger partial charge in [-0.1, -0.05) is 43.4 Å². The first-order valence-corrected chi connectivity index (χ1v) is 12.7. The smallest absolute Gasteiger partial charge is 0.251 e. The number of rotatable bonds is 9. The van der Waals surface area contributed by atoms with E-state index in [9.17, 15) is 17.6 Å². The Bertz CT molecular complexity index is 1340. The van der Waals surface area contributed by atoms with Gasteiger partial charge in [-0.2, -0.15) is 5.10 Å². The molecule has 0 fully saturated rings. The highest BCUT2D eigenvalue weighted by atomic mass is 32.2. The lowest BCUT2D eigenvalue weighted by molar-refractivity contribution is -0.115. The molecular weight excluding hydrogens is 453 g/mol. The van der Waals surface area contributed by atoms with Crippen molar-refractivity contribution >= 4 is 21.3 Å². The molecule has 6 nitrogen and oxygen atoms in total. The number of sulfone groups is 1. The van der Waals surface area contributed by atoms with Gasteiger partial charge in [-0.15, -0.1) is 0 Å². The van der Waals surface area contributed by atoms with E-state index in [1.165, 1.54) is 18.2 Å². The molecule has 1 heterocycles. The zero-order valence-corrected chi connectivity index (χ0v) is 20.3. The second-order valence-corrected chi connectivity index (χ2v) is 10.0. The third-order valence-corrected chi connectivity index (χ3v) is 6.72. The highest BCUT2D eigenvalue weighted by molar-refractivity contribution is 7.90. The molecule has 1 aromatic heterocycles. The Morgan fingerprint density at radius 2 is 1.85 bits per heavy atom. The number of aromatic nitrogens is 2. The summed E-state index contributed by atoms with van der Waals surface area (Å²) < 4.78 is 39.2. The molecule has 1 N–H and O–H groups in total. The van der Waals surface area contributed by atoms with Crippen LogP contribution in [0.3, 0.4) is 0 Å². The lowest BCUT2D eigenvalue weighted by Gasteiger charge is -2.12. The van der Waals surface area contributed by atoms with Crippen molar-refractivity contribution in [3.05, 3.63) is 95.6 Å². The van der Waals surface area contributed by atoms with Crippen molar-refractivity contribution in [1.29, 1.82) is 0 Å². The summed E-state index contributed by atoms with van der Waals surface area (Å²) in [4.78, 5) is 13.5. The van der Waals surface area contributed by atoms with E-state index in [0.717, 1.165) is 18.2 Å². The van der Waals surface area contributed by atoms with Crippen molar-refractivity contribution < 1.29 is 17.6 Å². The van der Waals surface area contributed by atoms with Crippen LogP contribution in [-0.2, 0) is 21.2 Å². The predicted molar refractivity (Wildman–Crippen MR) is 132 cm³/mol. The molecule has 0 radical (unpaired) electrons. The fraction of sp³-hybridized carbons (Fsp3) is 0.231. The number of nitrogens with one attached hydrogen (secondary N) is 1. The van der Waals surface area contributed by atoms with Gasteiger partial charge in [-0.3, -0.25) is 4.79 Å². The van der Waals surface area contributed by atoms with Gasteiger partial charge in [0.05, 0.1) is 16.8 Å². The first kappa shape index (κ1) is 25.1. The van der Waals surface area contributed by atoms with Crippen molar-refractivity contribution in [1.82, 2.24) is 15.1 Å². The largest absolute Gasteiger partial charge is 0.348 e. The Labute approximate surface area is 199 Å². The van der Waals surface area contributed by atoms with E-state index in [1.54, 1.807) is 41.2 Å². The zero-order valence-electron chi connectivity index (χ0n) is 19.5.